The summed E-state index contributed by atoms with van der Waals surface area (Å²) in [5, 5.41) is 24.5. The molecule has 25 heavy (non-hydrogen) atoms. The molecule has 1 heterocycles. The van der Waals surface area contributed by atoms with Crippen molar-refractivity contribution in [3.63, 3.8) is 0 Å². The van der Waals surface area contributed by atoms with E-state index in [-0.39, 0.29) is 23.5 Å². The predicted octanol–water partition coefficient (Wildman–Crippen LogP) is 2.79. The molecule has 0 aliphatic carbocycles. The Bertz CT molecular complexity index is 672. The molecule has 0 bridgehead atoms. The number of hydrogen-bond acceptors (Lipinski definition) is 6. The van der Waals surface area contributed by atoms with Gasteiger partial charge in [0.25, 0.3) is 0 Å². The average Bonchev–Trinajstić information content (AvgIpc) is 3.01. The lowest BCUT2D eigenvalue weighted by Crippen LogP contribution is -2.33. The number of phenolic OH excluding ortho intramolecular Hbond substituents is 1. The summed E-state index contributed by atoms with van der Waals surface area (Å²) in [5.41, 5.74) is 0.729. The van der Waals surface area contributed by atoms with Crippen LogP contribution in [0.4, 0.5) is 0 Å². The molecule has 2 rings (SSSR count). The van der Waals surface area contributed by atoms with Gasteiger partial charge < -0.3 is 10.4 Å². The van der Waals surface area contributed by atoms with E-state index in [1.165, 1.54) is 18.2 Å². The smallest absolute Gasteiger partial charge is 0.230 e. The number of carbonyl (C=O) groups is 1. The fourth-order valence-electron chi connectivity index (χ4n) is 2.38. The van der Waals surface area contributed by atoms with Crippen molar-refractivity contribution in [2.24, 2.45) is 5.92 Å². The summed E-state index contributed by atoms with van der Waals surface area (Å²) in [4.78, 5) is 12.1. The van der Waals surface area contributed by atoms with Crippen molar-refractivity contribution in [1.82, 2.24) is 25.5 Å². The topological polar surface area (TPSA) is 92.9 Å². The van der Waals surface area contributed by atoms with Crippen LogP contribution in [0, 0.1) is 5.92 Å². The van der Waals surface area contributed by atoms with Crippen molar-refractivity contribution >= 4 is 17.7 Å². The summed E-state index contributed by atoms with van der Waals surface area (Å²) in [6.07, 6.45) is 3.28. The van der Waals surface area contributed by atoms with Gasteiger partial charge in [-0.3, -0.25) is 4.79 Å². The second kappa shape index (κ2) is 9.41. The van der Waals surface area contributed by atoms with Gasteiger partial charge in [0, 0.05) is 6.04 Å². The number of phenols is 1. The number of aromatic hydroxyl groups is 1. The summed E-state index contributed by atoms with van der Waals surface area (Å²) < 4.78 is 1.55. The lowest BCUT2D eigenvalue weighted by Gasteiger charge is -2.14. The molecule has 7 nitrogen and oxygen atoms in total. The molecule has 0 saturated heterocycles. The summed E-state index contributed by atoms with van der Waals surface area (Å²) >= 11 is 1.28. The largest absolute Gasteiger partial charge is 0.508 e. The van der Waals surface area contributed by atoms with Crippen LogP contribution >= 0.6 is 11.8 Å². The Balaban J connectivity index is 1.82. The standard InChI is InChI=1S/C17H25N5O2S/c1-12(2)5-4-6-13(3)18-16(24)11-25-17-19-20-21-22(17)14-7-9-15(23)10-8-14/h7-10,12-13,23H,4-6,11H2,1-3H3,(H,18,24)/t13-/m1/s1. The number of tetrazole rings is 1. The second-order valence-electron chi connectivity index (χ2n) is 6.47. The second-order valence-corrected chi connectivity index (χ2v) is 7.41. The van der Waals surface area contributed by atoms with Crippen LogP contribution in [0.25, 0.3) is 5.69 Å². The van der Waals surface area contributed by atoms with Crippen LogP contribution < -0.4 is 5.32 Å². The van der Waals surface area contributed by atoms with Gasteiger partial charge in [0.2, 0.25) is 11.1 Å². The highest BCUT2D eigenvalue weighted by atomic mass is 32.2. The third-order valence-corrected chi connectivity index (χ3v) is 4.61. The van der Waals surface area contributed by atoms with Gasteiger partial charge in [-0.1, -0.05) is 38.5 Å². The Labute approximate surface area is 152 Å². The zero-order chi connectivity index (χ0) is 18.2. The van der Waals surface area contributed by atoms with Gasteiger partial charge in [-0.25, -0.2) is 0 Å². The molecule has 8 heteroatoms. The molecule has 0 unspecified atom stereocenters. The van der Waals surface area contributed by atoms with Crippen LogP contribution in [0.3, 0.4) is 0 Å². The van der Waals surface area contributed by atoms with Crippen LogP contribution in [0.5, 0.6) is 5.75 Å². The lowest BCUT2D eigenvalue weighted by molar-refractivity contribution is -0.119. The third kappa shape index (κ3) is 6.38. The fraction of sp³-hybridized carbons (Fsp3) is 0.529. The maximum atomic E-state index is 12.1. The number of nitrogens with zero attached hydrogens (tertiary/aromatic N) is 4. The molecule has 1 atom stereocenters. The first kappa shape index (κ1) is 19.2. The lowest BCUT2D eigenvalue weighted by atomic mass is 10.0. The number of aromatic nitrogens is 4. The van der Waals surface area contributed by atoms with Crippen molar-refractivity contribution in [3.8, 4) is 11.4 Å². The molecule has 0 saturated carbocycles. The summed E-state index contributed by atoms with van der Waals surface area (Å²) in [7, 11) is 0. The molecule has 1 aromatic heterocycles. The van der Waals surface area contributed by atoms with Crippen molar-refractivity contribution in [2.45, 2.75) is 51.2 Å². The van der Waals surface area contributed by atoms with Gasteiger partial charge in [0.15, 0.2) is 0 Å². The molecule has 0 aliphatic rings. The molecule has 0 fully saturated rings. The summed E-state index contributed by atoms with van der Waals surface area (Å²) in [6, 6.07) is 6.73. The molecule has 0 radical (unpaired) electrons. The first-order chi connectivity index (χ1) is 12.0. The van der Waals surface area contributed by atoms with E-state index >= 15 is 0 Å². The van der Waals surface area contributed by atoms with Crippen LogP contribution in [0.1, 0.15) is 40.0 Å². The number of rotatable bonds is 9. The molecule has 2 N–H and O–H groups in total. The van der Waals surface area contributed by atoms with Gasteiger partial charge in [0.05, 0.1) is 11.4 Å². The van der Waals surface area contributed by atoms with Gasteiger partial charge in [0.1, 0.15) is 5.75 Å². The number of thioether (sulfide) groups is 1. The summed E-state index contributed by atoms with van der Waals surface area (Å²) in [6.45, 7) is 6.44. The van der Waals surface area contributed by atoms with E-state index in [1.54, 1.807) is 28.9 Å². The quantitative estimate of drug-likeness (QED) is 0.666. The Morgan fingerprint density at radius 3 is 2.64 bits per heavy atom. The van der Waals surface area contributed by atoms with Gasteiger partial charge in [-0.15, -0.1) is 5.10 Å². The average molecular weight is 363 g/mol. The number of hydrogen-bond donors (Lipinski definition) is 2. The van der Waals surface area contributed by atoms with Crippen LogP contribution in [0.15, 0.2) is 29.4 Å². The monoisotopic (exact) mass is 363 g/mol. The zero-order valence-corrected chi connectivity index (χ0v) is 15.7. The van der Waals surface area contributed by atoms with E-state index < -0.39 is 0 Å². The van der Waals surface area contributed by atoms with Crippen LogP contribution in [-0.4, -0.2) is 43.0 Å². The minimum absolute atomic E-state index is 0.0256. The van der Waals surface area contributed by atoms with Gasteiger partial charge in [-0.2, -0.15) is 4.68 Å². The first-order valence-corrected chi connectivity index (χ1v) is 9.44. The highest BCUT2D eigenvalue weighted by molar-refractivity contribution is 7.99. The molecule has 2 aromatic rings. The van der Waals surface area contributed by atoms with E-state index in [4.69, 9.17) is 0 Å². The van der Waals surface area contributed by atoms with Crippen LogP contribution in [0.2, 0.25) is 0 Å². The SMILES string of the molecule is CC(C)CCC[C@@H](C)NC(=O)CSc1nnnn1-c1ccc(O)cc1. The maximum Gasteiger partial charge on any atom is 0.230 e. The molecule has 1 aromatic carbocycles. The number of nitrogens with one attached hydrogen (secondary N) is 1. The van der Waals surface area contributed by atoms with E-state index in [9.17, 15) is 9.90 Å². The molecule has 0 spiro atoms. The zero-order valence-electron chi connectivity index (χ0n) is 14.8. The number of amides is 1. The Morgan fingerprint density at radius 1 is 1.24 bits per heavy atom. The third-order valence-electron chi connectivity index (χ3n) is 3.69. The predicted molar refractivity (Wildman–Crippen MR) is 97.8 cm³/mol. The minimum atomic E-state index is -0.0256. The molecule has 1 amide bonds. The number of benzene rings is 1. The van der Waals surface area contributed by atoms with E-state index in [1.807, 2.05) is 6.92 Å². The van der Waals surface area contributed by atoms with Crippen LogP contribution in [-0.2, 0) is 4.79 Å². The van der Waals surface area contributed by atoms with E-state index in [0.29, 0.717) is 11.1 Å². The maximum absolute atomic E-state index is 12.1. The highest BCUT2D eigenvalue weighted by Crippen LogP contribution is 2.19. The van der Waals surface area contributed by atoms with Crippen molar-refractivity contribution in [3.05, 3.63) is 24.3 Å². The molecule has 136 valence electrons. The van der Waals surface area contributed by atoms with Gasteiger partial charge >= 0.3 is 0 Å². The Kier molecular flexibility index (Phi) is 7.24. The summed E-state index contributed by atoms with van der Waals surface area (Å²) in [5.74, 6) is 1.10. The minimum Gasteiger partial charge on any atom is -0.508 e. The molecule has 0 aliphatic heterocycles. The first-order valence-electron chi connectivity index (χ1n) is 8.45. The molecular formula is C17H25N5O2S. The van der Waals surface area contributed by atoms with Crippen molar-refractivity contribution in [1.29, 1.82) is 0 Å². The normalized spacial score (nSPS) is 12.3. The van der Waals surface area contributed by atoms with Crippen molar-refractivity contribution in [2.75, 3.05) is 5.75 Å². The van der Waals surface area contributed by atoms with Crippen molar-refractivity contribution < 1.29 is 9.90 Å². The number of carbonyl (C=O) groups excluding carboxylic acids is 1. The highest BCUT2D eigenvalue weighted by Gasteiger charge is 2.13. The molecular weight excluding hydrogens is 338 g/mol. The Morgan fingerprint density at radius 2 is 1.96 bits per heavy atom. The van der Waals surface area contributed by atoms with E-state index in [0.717, 1.165) is 18.5 Å². The van der Waals surface area contributed by atoms with E-state index in [2.05, 4.69) is 34.7 Å². The fourth-order valence-corrected chi connectivity index (χ4v) is 3.08. The van der Waals surface area contributed by atoms with Gasteiger partial charge in [-0.05, 0) is 54.0 Å². The Hall–Kier alpha value is -2.09.